The average Bonchev–Trinajstić information content (AvgIpc) is 2.50. The molecule has 7 heteroatoms. The second-order valence-corrected chi connectivity index (χ2v) is 2.74. The van der Waals surface area contributed by atoms with Crippen LogP contribution in [0.3, 0.4) is 0 Å². The third-order valence-electron chi connectivity index (χ3n) is 1.76. The second kappa shape index (κ2) is 4.68. The minimum Gasteiger partial charge on any atom is -0.476 e. The predicted octanol–water partition coefficient (Wildman–Crippen LogP) is -1.56. The van der Waals surface area contributed by atoms with Gasteiger partial charge in [-0.3, -0.25) is 0 Å². The van der Waals surface area contributed by atoms with Gasteiger partial charge in [0, 0.05) is 13.0 Å². The van der Waals surface area contributed by atoms with Crippen molar-refractivity contribution < 1.29 is 9.90 Å². The molecule has 0 aromatic carbocycles. The van der Waals surface area contributed by atoms with Crippen molar-refractivity contribution in [3.05, 3.63) is 11.4 Å². The molecule has 0 unspecified atom stereocenters. The molecule has 0 aliphatic rings. The molecule has 0 saturated heterocycles. The van der Waals surface area contributed by atoms with Gasteiger partial charge in [0.05, 0.1) is 12.2 Å². The van der Waals surface area contributed by atoms with Gasteiger partial charge in [0.2, 0.25) is 0 Å². The Labute approximate surface area is 80.7 Å². The van der Waals surface area contributed by atoms with E-state index in [0.717, 1.165) is 0 Å². The van der Waals surface area contributed by atoms with Crippen molar-refractivity contribution in [2.45, 2.75) is 13.0 Å². The lowest BCUT2D eigenvalue weighted by atomic mass is 10.2. The van der Waals surface area contributed by atoms with Crippen LogP contribution in [-0.2, 0) is 13.0 Å². The molecule has 1 aromatic rings. The summed E-state index contributed by atoms with van der Waals surface area (Å²) < 4.78 is 1.48. The van der Waals surface area contributed by atoms with Crippen LogP contribution in [0.1, 0.15) is 16.2 Å². The number of hydrogen-bond acceptors (Lipinski definition) is 5. The lowest BCUT2D eigenvalue weighted by Crippen LogP contribution is -2.17. The Morgan fingerprint density at radius 3 is 2.64 bits per heavy atom. The standard InChI is InChI=1S/C7H13N5O2/c8-2-1-5-6(7(13)14)10-11-12(5)4-3-9/h1-4,8-9H2,(H,13,14). The number of nitrogens with zero attached hydrogens (tertiary/aromatic N) is 3. The Bertz CT molecular complexity index is 322. The van der Waals surface area contributed by atoms with E-state index in [1.807, 2.05) is 0 Å². The number of hydrogen-bond donors (Lipinski definition) is 3. The van der Waals surface area contributed by atoms with E-state index in [4.69, 9.17) is 16.6 Å². The van der Waals surface area contributed by atoms with Crippen molar-refractivity contribution in [2.75, 3.05) is 13.1 Å². The zero-order valence-electron chi connectivity index (χ0n) is 7.68. The van der Waals surface area contributed by atoms with Gasteiger partial charge >= 0.3 is 5.97 Å². The summed E-state index contributed by atoms with van der Waals surface area (Å²) in [5.74, 6) is -1.09. The fourth-order valence-corrected chi connectivity index (χ4v) is 1.18. The fourth-order valence-electron chi connectivity index (χ4n) is 1.18. The first-order valence-electron chi connectivity index (χ1n) is 4.26. The molecule has 0 bridgehead atoms. The fraction of sp³-hybridized carbons (Fsp3) is 0.571. The van der Waals surface area contributed by atoms with Crippen molar-refractivity contribution in [1.82, 2.24) is 15.0 Å². The quantitative estimate of drug-likeness (QED) is 0.527. The van der Waals surface area contributed by atoms with E-state index in [0.29, 0.717) is 31.7 Å². The van der Waals surface area contributed by atoms with Gasteiger partial charge in [-0.2, -0.15) is 0 Å². The van der Waals surface area contributed by atoms with E-state index in [9.17, 15) is 4.79 Å². The summed E-state index contributed by atoms with van der Waals surface area (Å²) in [5, 5.41) is 16.0. The minimum absolute atomic E-state index is 0.0381. The SMILES string of the molecule is NCCc1c(C(=O)O)nnn1CCN. The maximum atomic E-state index is 10.7. The lowest BCUT2D eigenvalue weighted by Gasteiger charge is -2.03. The largest absolute Gasteiger partial charge is 0.476 e. The number of carbonyl (C=O) groups is 1. The molecule has 0 aliphatic carbocycles. The molecule has 1 rings (SSSR count). The van der Waals surface area contributed by atoms with Gasteiger partial charge in [0.15, 0.2) is 5.69 Å². The molecule has 0 fully saturated rings. The molecule has 7 nitrogen and oxygen atoms in total. The summed E-state index contributed by atoms with van der Waals surface area (Å²) in [7, 11) is 0. The molecule has 0 amide bonds. The summed E-state index contributed by atoms with van der Waals surface area (Å²) in [6.07, 6.45) is 0.439. The van der Waals surface area contributed by atoms with Gasteiger partial charge < -0.3 is 16.6 Å². The van der Waals surface area contributed by atoms with Gasteiger partial charge in [-0.1, -0.05) is 5.21 Å². The highest BCUT2D eigenvalue weighted by Gasteiger charge is 2.17. The van der Waals surface area contributed by atoms with Gasteiger partial charge in [-0.25, -0.2) is 9.48 Å². The van der Waals surface area contributed by atoms with E-state index in [1.165, 1.54) is 4.68 Å². The Morgan fingerprint density at radius 2 is 2.14 bits per heavy atom. The Hall–Kier alpha value is -1.47. The topological polar surface area (TPSA) is 120 Å². The maximum absolute atomic E-state index is 10.7. The molecule has 1 heterocycles. The lowest BCUT2D eigenvalue weighted by molar-refractivity contribution is 0.0689. The molecule has 78 valence electrons. The first kappa shape index (κ1) is 10.6. The molecular weight excluding hydrogens is 186 g/mol. The molecule has 1 aromatic heterocycles. The second-order valence-electron chi connectivity index (χ2n) is 2.74. The Kier molecular flexibility index (Phi) is 3.55. The Morgan fingerprint density at radius 1 is 1.43 bits per heavy atom. The van der Waals surface area contributed by atoms with E-state index in [1.54, 1.807) is 0 Å². The summed E-state index contributed by atoms with van der Waals surface area (Å²) in [6.45, 7) is 1.20. The number of aromatic nitrogens is 3. The number of carboxylic acid groups (broad SMARTS) is 1. The summed E-state index contributed by atoms with van der Waals surface area (Å²) in [6, 6.07) is 0. The highest BCUT2D eigenvalue weighted by atomic mass is 16.4. The number of rotatable bonds is 5. The van der Waals surface area contributed by atoms with Crippen LogP contribution < -0.4 is 11.5 Å². The summed E-state index contributed by atoms with van der Waals surface area (Å²) in [4.78, 5) is 10.7. The van der Waals surface area contributed by atoms with Crippen LogP contribution >= 0.6 is 0 Å². The monoisotopic (exact) mass is 199 g/mol. The van der Waals surface area contributed by atoms with Gasteiger partial charge in [0.1, 0.15) is 0 Å². The average molecular weight is 199 g/mol. The van der Waals surface area contributed by atoms with Crippen molar-refractivity contribution in [3.8, 4) is 0 Å². The molecule has 0 spiro atoms. The molecule has 5 N–H and O–H groups in total. The van der Waals surface area contributed by atoms with Crippen LogP contribution in [0, 0.1) is 0 Å². The van der Waals surface area contributed by atoms with Crippen LogP contribution in [0.2, 0.25) is 0 Å². The highest BCUT2D eigenvalue weighted by Crippen LogP contribution is 2.05. The van der Waals surface area contributed by atoms with E-state index < -0.39 is 5.97 Å². The minimum atomic E-state index is -1.09. The van der Waals surface area contributed by atoms with Gasteiger partial charge in [0.25, 0.3) is 0 Å². The molecule has 0 atom stereocenters. The van der Waals surface area contributed by atoms with Crippen LogP contribution in [-0.4, -0.2) is 39.2 Å². The van der Waals surface area contributed by atoms with E-state index >= 15 is 0 Å². The predicted molar refractivity (Wildman–Crippen MR) is 48.8 cm³/mol. The van der Waals surface area contributed by atoms with Crippen molar-refractivity contribution in [2.24, 2.45) is 11.5 Å². The van der Waals surface area contributed by atoms with Gasteiger partial charge in [-0.15, -0.1) is 5.10 Å². The Balaban J connectivity index is 3.00. The van der Waals surface area contributed by atoms with E-state index in [-0.39, 0.29) is 5.69 Å². The molecule has 0 radical (unpaired) electrons. The van der Waals surface area contributed by atoms with Crippen molar-refractivity contribution >= 4 is 5.97 Å². The normalized spacial score (nSPS) is 10.4. The van der Waals surface area contributed by atoms with Crippen LogP contribution in [0.4, 0.5) is 0 Å². The summed E-state index contributed by atoms with van der Waals surface area (Å²) >= 11 is 0. The van der Waals surface area contributed by atoms with Crippen LogP contribution in [0.15, 0.2) is 0 Å². The van der Waals surface area contributed by atoms with Gasteiger partial charge in [-0.05, 0) is 6.54 Å². The zero-order valence-corrected chi connectivity index (χ0v) is 7.68. The number of aromatic carboxylic acids is 1. The maximum Gasteiger partial charge on any atom is 0.358 e. The van der Waals surface area contributed by atoms with Crippen LogP contribution in [0.25, 0.3) is 0 Å². The molecule has 14 heavy (non-hydrogen) atoms. The van der Waals surface area contributed by atoms with Crippen LogP contribution in [0.5, 0.6) is 0 Å². The zero-order chi connectivity index (χ0) is 10.6. The first-order chi connectivity index (χ1) is 6.70. The summed E-state index contributed by atoms with van der Waals surface area (Å²) in [5.41, 5.74) is 11.2. The number of carboxylic acids is 1. The smallest absolute Gasteiger partial charge is 0.358 e. The third kappa shape index (κ3) is 2.06. The molecule has 0 saturated carbocycles. The van der Waals surface area contributed by atoms with E-state index in [2.05, 4.69) is 10.3 Å². The number of nitrogens with two attached hydrogens (primary N) is 2. The van der Waals surface area contributed by atoms with Crippen molar-refractivity contribution in [1.29, 1.82) is 0 Å². The highest BCUT2D eigenvalue weighted by molar-refractivity contribution is 5.86. The molecular formula is C7H13N5O2. The molecule has 0 aliphatic heterocycles. The van der Waals surface area contributed by atoms with Crippen molar-refractivity contribution in [3.63, 3.8) is 0 Å². The third-order valence-corrected chi connectivity index (χ3v) is 1.76. The first-order valence-corrected chi connectivity index (χ1v) is 4.26.